The molecule has 79 valence electrons. The van der Waals surface area contributed by atoms with E-state index in [9.17, 15) is 0 Å². The first-order valence-electron chi connectivity index (χ1n) is 4.15. The van der Waals surface area contributed by atoms with Crippen LogP contribution in [-0.2, 0) is 17.1 Å². The second kappa shape index (κ2) is 4.83. The standard InChI is InChI=1S/C8H6N3P3.Cu/c1-2-4-7-6(3-1)5-8(7)14-10-12-9-13-11-14;/h1-5,14H;. The molecule has 0 saturated heterocycles. The predicted molar refractivity (Wildman–Crippen MR) is 63.8 cm³/mol. The summed E-state index contributed by atoms with van der Waals surface area (Å²) < 4.78 is 12.9. The fourth-order valence-corrected chi connectivity index (χ4v) is 5.47. The minimum Gasteiger partial charge on any atom is -0.203 e. The van der Waals surface area contributed by atoms with Gasteiger partial charge in [0, 0.05) is 22.4 Å². The van der Waals surface area contributed by atoms with E-state index in [1.165, 1.54) is 16.4 Å². The zero-order valence-corrected chi connectivity index (χ0v) is 11.2. The smallest absolute Gasteiger partial charge is 0.160 e. The molecule has 1 aliphatic carbocycles. The van der Waals surface area contributed by atoms with Gasteiger partial charge in [-0.1, -0.05) is 24.3 Å². The molecule has 3 nitrogen and oxygen atoms in total. The van der Waals surface area contributed by atoms with Crippen molar-refractivity contribution in [3.63, 3.8) is 0 Å². The summed E-state index contributed by atoms with van der Waals surface area (Å²) in [5.74, 6) is 0. The second-order valence-electron chi connectivity index (χ2n) is 2.94. The summed E-state index contributed by atoms with van der Waals surface area (Å²) in [5.41, 5.74) is 2.66. The van der Waals surface area contributed by atoms with Gasteiger partial charge in [-0.3, -0.25) is 0 Å². The van der Waals surface area contributed by atoms with Crippen LogP contribution >= 0.6 is 24.9 Å². The van der Waals surface area contributed by atoms with Crippen LogP contribution in [0.3, 0.4) is 0 Å². The van der Waals surface area contributed by atoms with Crippen molar-refractivity contribution in [2.45, 2.75) is 0 Å². The van der Waals surface area contributed by atoms with Crippen LogP contribution in [-0.4, -0.2) is 0 Å². The minimum atomic E-state index is -1.01. The molecule has 0 fully saturated rings. The monoisotopic (exact) mass is 300 g/mol. The minimum absolute atomic E-state index is 0. The summed E-state index contributed by atoms with van der Waals surface area (Å²) in [5, 5.41) is 1.33. The normalized spacial score (nSPS) is 22.7. The zero-order chi connectivity index (χ0) is 9.38. The van der Waals surface area contributed by atoms with E-state index in [1.54, 1.807) is 0 Å². The molecule has 0 spiro atoms. The molecule has 1 aromatic rings. The molecule has 7 heteroatoms. The van der Waals surface area contributed by atoms with Crippen LogP contribution in [0, 0.1) is 0 Å². The number of nitrogens with zero attached hydrogens (tertiary/aromatic N) is 3. The van der Waals surface area contributed by atoms with Crippen LogP contribution in [0.15, 0.2) is 37.8 Å². The molecule has 15 heavy (non-hydrogen) atoms. The summed E-state index contributed by atoms with van der Waals surface area (Å²) in [6, 6.07) is 8.40. The van der Waals surface area contributed by atoms with Gasteiger partial charge in [-0.05, 0) is 17.2 Å². The molecule has 1 aromatic carbocycles. The summed E-state index contributed by atoms with van der Waals surface area (Å²) in [7, 11) is 0.692. The Morgan fingerprint density at radius 3 is 2.73 bits per heavy atom. The maximum atomic E-state index is 4.42. The summed E-state index contributed by atoms with van der Waals surface area (Å²) in [6.07, 6.45) is 2.20. The van der Waals surface area contributed by atoms with Crippen molar-refractivity contribution in [1.29, 1.82) is 0 Å². The molecule has 1 atom stereocenters. The fraction of sp³-hybridized carbons (Fsp3) is 0. The molecule has 3 rings (SSSR count). The third kappa shape index (κ3) is 2.06. The Bertz CT molecular complexity index is 522. The maximum Gasteiger partial charge on any atom is 0.160 e. The molecule has 1 aliphatic heterocycles. The second-order valence-corrected chi connectivity index (χ2v) is 6.80. The van der Waals surface area contributed by atoms with Crippen molar-refractivity contribution >= 4 is 36.3 Å². The molecular formula is C8H6CuN3P3. The SMILES string of the molecule is C1=C([PH]2=NP=NP=N2)c2ccccc21.[Cu]. The first-order valence-corrected chi connectivity index (χ1v) is 7.15. The molecule has 1 heterocycles. The Balaban J connectivity index is 0.000000853. The molecule has 2 aliphatic rings. The maximum absolute atomic E-state index is 4.42. The molecule has 0 N–H and O–H groups in total. The van der Waals surface area contributed by atoms with Crippen molar-refractivity contribution in [3.8, 4) is 0 Å². The molecule has 0 aromatic heterocycles. The number of hydrogen-bond acceptors (Lipinski definition) is 3. The quantitative estimate of drug-likeness (QED) is 0.522. The Hall–Kier alpha value is -0.0905. The average molecular weight is 301 g/mol. The van der Waals surface area contributed by atoms with Crippen molar-refractivity contribution < 1.29 is 17.1 Å². The summed E-state index contributed by atoms with van der Waals surface area (Å²) >= 11 is 0. The molecule has 0 amide bonds. The predicted octanol–water partition coefficient (Wildman–Crippen LogP) is 4.91. The van der Waals surface area contributed by atoms with Crippen LogP contribution in [0.25, 0.3) is 11.4 Å². The van der Waals surface area contributed by atoms with Gasteiger partial charge in [0.2, 0.25) is 0 Å². The van der Waals surface area contributed by atoms with Gasteiger partial charge in [-0.15, -0.1) is 0 Å². The van der Waals surface area contributed by atoms with Crippen LogP contribution in [0.1, 0.15) is 11.1 Å². The van der Waals surface area contributed by atoms with E-state index in [0.29, 0.717) is 0 Å². The Morgan fingerprint density at radius 2 is 2.00 bits per heavy atom. The number of rotatable bonds is 1. The van der Waals surface area contributed by atoms with Gasteiger partial charge in [0.1, 0.15) is 7.86 Å². The Morgan fingerprint density at radius 1 is 1.13 bits per heavy atom. The van der Waals surface area contributed by atoms with Crippen molar-refractivity contribution in [1.82, 2.24) is 0 Å². The fourth-order valence-electron chi connectivity index (χ4n) is 1.48. The van der Waals surface area contributed by atoms with Crippen LogP contribution in [0.2, 0.25) is 0 Å². The topological polar surface area (TPSA) is 37.1 Å². The first kappa shape index (κ1) is 11.4. The van der Waals surface area contributed by atoms with E-state index in [4.69, 9.17) is 0 Å². The van der Waals surface area contributed by atoms with Gasteiger partial charge >= 0.3 is 0 Å². The van der Waals surface area contributed by atoms with E-state index < -0.39 is 7.86 Å². The molecule has 1 unspecified atom stereocenters. The van der Waals surface area contributed by atoms with Gasteiger partial charge in [-0.25, -0.2) is 9.03 Å². The average Bonchev–Trinajstić information content (AvgIpc) is 2.22. The van der Waals surface area contributed by atoms with Crippen LogP contribution in [0.5, 0.6) is 0 Å². The van der Waals surface area contributed by atoms with E-state index in [1.807, 2.05) is 0 Å². The van der Waals surface area contributed by atoms with Gasteiger partial charge < -0.3 is 0 Å². The number of fused-ring (bicyclic) bond motifs is 1. The van der Waals surface area contributed by atoms with E-state index in [2.05, 4.69) is 43.9 Å². The third-order valence-electron chi connectivity index (χ3n) is 2.15. The molecule has 0 bridgehead atoms. The summed E-state index contributed by atoms with van der Waals surface area (Å²) in [4.78, 5) is 0. The van der Waals surface area contributed by atoms with Gasteiger partial charge in [0.25, 0.3) is 0 Å². The largest absolute Gasteiger partial charge is 0.203 e. The zero-order valence-electron chi connectivity index (χ0n) is 7.42. The van der Waals surface area contributed by atoms with E-state index >= 15 is 0 Å². The summed E-state index contributed by atoms with van der Waals surface area (Å²) in [6.45, 7) is 0. The van der Waals surface area contributed by atoms with E-state index in [0.717, 1.165) is 17.0 Å². The third-order valence-corrected chi connectivity index (χ3v) is 5.92. The van der Waals surface area contributed by atoms with Gasteiger partial charge in [0.15, 0.2) is 17.0 Å². The number of hydrogen-bond donors (Lipinski definition) is 0. The van der Waals surface area contributed by atoms with E-state index in [-0.39, 0.29) is 17.1 Å². The molecule has 1 radical (unpaired) electrons. The van der Waals surface area contributed by atoms with Crippen LogP contribution < -0.4 is 0 Å². The van der Waals surface area contributed by atoms with Crippen molar-refractivity contribution in [2.75, 3.05) is 0 Å². The van der Waals surface area contributed by atoms with Gasteiger partial charge in [-0.2, -0.15) is 4.52 Å². The Labute approximate surface area is 102 Å². The molecule has 0 saturated carbocycles. The number of benzene rings is 1. The molecular weight excluding hydrogens is 295 g/mol. The Kier molecular flexibility index (Phi) is 3.67. The van der Waals surface area contributed by atoms with Crippen LogP contribution in [0.4, 0.5) is 0 Å². The van der Waals surface area contributed by atoms with Crippen molar-refractivity contribution in [3.05, 3.63) is 35.4 Å². The van der Waals surface area contributed by atoms with Crippen molar-refractivity contribution in [2.24, 2.45) is 13.5 Å². The van der Waals surface area contributed by atoms with Gasteiger partial charge in [0.05, 0.1) is 0 Å². The first-order chi connectivity index (χ1) is 6.95.